The summed E-state index contributed by atoms with van der Waals surface area (Å²) in [6.07, 6.45) is 1.58. The Labute approximate surface area is 89.8 Å². The van der Waals surface area contributed by atoms with Crippen LogP contribution in [0.2, 0.25) is 0 Å². The van der Waals surface area contributed by atoms with E-state index in [2.05, 4.69) is 34.6 Å². The van der Waals surface area contributed by atoms with Crippen LogP contribution >= 0.6 is 21.6 Å². The summed E-state index contributed by atoms with van der Waals surface area (Å²) in [5.74, 6) is 1.22. The van der Waals surface area contributed by atoms with Crippen LogP contribution < -0.4 is 0 Å². The van der Waals surface area contributed by atoms with E-state index in [0.29, 0.717) is 6.10 Å². The van der Waals surface area contributed by atoms with Crippen molar-refractivity contribution < 1.29 is 4.74 Å². The normalized spacial score (nSPS) is 28.8. The molecule has 0 aliphatic carbocycles. The zero-order valence-electron chi connectivity index (χ0n) is 9.22. The highest BCUT2D eigenvalue weighted by Crippen LogP contribution is 2.46. The van der Waals surface area contributed by atoms with Crippen molar-refractivity contribution in [2.75, 3.05) is 5.75 Å². The zero-order chi connectivity index (χ0) is 10.1. The van der Waals surface area contributed by atoms with Crippen molar-refractivity contribution in [3.05, 3.63) is 0 Å². The number of rotatable bonds is 1. The molecule has 0 amide bonds. The second-order valence-corrected chi connectivity index (χ2v) is 8.09. The molecule has 0 aromatic heterocycles. The number of hydrogen-bond acceptors (Lipinski definition) is 3. The van der Waals surface area contributed by atoms with E-state index in [1.807, 2.05) is 21.6 Å². The molecule has 0 spiro atoms. The third-order valence-corrected chi connectivity index (χ3v) is 5.36. The molecule has 1 unspecified atom stereocenters. The first kappa shape index (κ1) is 11.7. The minimum atomic E-state index is -0.00942. The highest BCUT2D eigenvalue weighted by molar-refractivity contribution is 8.77. The predicted octanol–water partition coefficient (Wildman–Crippen LogP) is 3.73. The first-order chi connectivity index (χ1) is 5.81. The van der Waals surface area contributed by atoms with E-state index >= 15 is 0 Å². The van der Waals surface area contributed by atoms with Crippen molar-refractivity contribution in [2.45, 2.75) is 57.5 Å². The average Bonchev–Trinajstić information content (AvgIpc) is 1.91. The summed E-state index contributed by atoms with van der Waals surface area (Å²) in [6.45, 7) is 11.0. The molecule has 0 bridgehead atoms. The van der Waals surface area contributed by atoms with Gasteiger partial charge in [-0.05, 0) is 41.0 Å². The molecule has 78 valence electrons. The number of hydrogen-bond donors (Lipinski definition) is 0. The minimum absolute atomic E-state index is 0.00942. The Kier molecular flexibility index (Phi) is 3.64. The summed E-state index contributed by atoms with van der Waals surface area (Å²) in [5.41, 5.74) is -0.00942. The Bertz CT molecular complexity index is 172. The van der Waals surface area contributed by atoms with E-state index in [1.54, 1.807) is 0 Å². The molecule has 1 atom stereocenters. The summed E-state index contributed by atoms with van der Waals surface area (Å²) in [5, 5.41) is 0. The van der Waals surface area contributed by atoms with Gasteiger partial charge in [-0.1, -0.05) is 21.6 Å². The van der Waals surface area contributed by atoms with Gasteiger partial charge in [0.25, 0.3) is 0 Å². The van der Waals surface area contributed by atoms with Gasteiger partial charge in [-0.3, -0.25) is 0 Å². The lowest BCUT2D eigenvalue weighted by atomic mass is 10.0. The Morgan fingerprint density at radius 2 is 1.92 bits per heavy atom. The van der Waals surface area contributed by atoms with E-state index < -0.39 is 0 Å². The highest BCUT2D eigenvalue weighted by atomic mass is 33.1. The summed E-state index contributed by atoms with van der Waals surface area (Å²) >= 11 is 0. The molecular formula is C10H20OS2. The molecule has 0 radical (unpaired) electrons. The molecule has 0 N–H and O–H groups in total. The van der Waals surface area contributed by atoms with E-state index in [0.717, 1.165) is 0 Å². The lowest BCUT2D eigenvalue weighted by Crippen LogP contribution is -2.42. The maximum Gasteiger partial charge on any atom is 0.0740 e. The van der Waals surface area contributed by atoms with Gasteiger partial charge in [0.15, 0.2) is 0 Å². The van der Waals surface area contributed by atoms with Crippen molar-refractivity contribution in [1.82, 2.24) is 0 Å². The average molecular weight is 220 g/mol. The third-order valence-electron chi connectivity index (χ3n) is 2.01. The first-order valence-corrected chi connectivity index (χ1v) is 7.12. The molecule has 1 aliphatic rings. The summed E-state index contributed by atoms with van der Waals surface area (Å²) in [7, 11) is 3.93. The maximum atomic E-state index is 6.06. The maximum absolute atomic E-state index is 6.06. The molecule has 1 rings (SSSR count). The third kappa shape index (κ3) is 3.72. The van der Waals surface area contributed by atoms with Gasteiger partial charge in [-0.2, -0.15) is 0 Å². The molecule has 3 heteroatoms. The first-order valence-electron chi connectivity index (χ1n) is 4.80. The second-order valence-electron chi connectivity index (χ2n) is 5.02. The Morgan fingerprint density at radius 1 is 1.31 bits per heavy atom. The molecule has 1 aliphatic heterocycles. The standard InChI is InChI=1S/C10H20OS2/c1-9(2,3)11-8-6-7-12-13-10(8,4)5/h8H,6-7H2,1-5H3. The summed E-state index contributed by atoms with van der Waals surface area (Å²) < 4.78 is 6.32. The van der Waals surface area contributed by atoms with Crippen molar-refractivity contribution in [3.8, 4) is 0 Å². The Balaban J connectivity index is 2.56. The molecule has 1 saturated heterocycles. The second kappa shape index (κ2) is 4.03. The summed E-state index contributed by atoms with van der Waals surface area (Å²) in [4.78, 5) is 0. The van der Waals surface area contributed by atoms with E-state index in [4.69, 9.17) is 4.74 Å². The van der Waals surface area contributed by atoms with Gasteiger partial charge >= 0.3 is 0 Å². The Morgan fingerprint density at radius 3 is 2.38 bits per heavy atom. The van der Waals surface area contributed by atoms with Gasteiger partial charge in [0.2, 0.25) is 0 Å². The van der Waals surface area contributed by atoms with Gasteiger partial charge in [0.05, 0.1) is 11.7 Å². The molecule has 1 fully saturated rings. The molecule has 13 heavy (non-hydrogen) atoms. The van der Waals surface area contributed by atoms with Crippen LogP contribution in [-0.4, -0.2) is 22.2 Å². The topological polar surface area (TPSA) is 9.23 Å². The fourth-order valence-corrected chi connectivity index (χ4v) is 4.12. The van der Waals surface area contributed by atoms with Crippen LogP contribution in [0.15, 0.2) is 0 Å². The molecule has 0 aromatic carbocycles. The van der Waals surface area contributed by atoms with Gasteiger partial charge in [-0.25, -0.2) is 0 Å². The van der Waals surface area contributed by atoms with Gasteiger partial charge in [0.1, 0.15) is 0 Å². The van der Waals surface area contributed by atoms with E-state index in [9.17, 15) is 0 Å². The van der Waals surface area contributed by atoms with E-state index in [1.165, 1.54) is 12.2 Å². The van der Waals surface area contributed by atoms with Crippen molar-refractivity contribution >= 4 is 21.6 Å². The predicted molar refractivity (Wildman–Crippen MR) is 63.4 cm³/mol. The van der Waals surface area contributed by atoms with Crippen molar-refractivity contribution in [3.63, 3.8) is 0 Å². The molecule has 0 saturated carbocycles. The smallest absolute Gasteiger partial charge is 0.0740 e. The quantitative estimate of drug-likeness (QED) is 0.623. The fraction of sp³-hybridized carbons (Fsp3) is 1.00. The van der Waals surface area contributed by atoms with Crippen molar-refractivity contribution in [1.29, 1.82) is 0 Å². The van der Waals surface area contributed by atoms with Gasteiger partial charge in [0, 0.05) is 10.5 Å². The van der Waals surface area contributed by atoms with Crippen LogP contribution in [0.5, 0.6) is 0 Å². The van der Waals surface area contributed by atoms with Gasteiger partial charge in [-0.15, -0.1) is 0 Å². The monoisotopic (exact) mass is 220 g/mol. The van der Waals surface area contributed by atoms with Crippen LogP contribution in [0.4, 0.5) is 0 Å². The lowest BCUT2D eigenvalue weighted by molar-refractivity contribution is -0.0725. The molecule has 0 aromatic rings. The number of ether oxygens (including phenoxy) is 1. The van der Waals surface area contributed by atoms with E-state index in [-0.39, 0.29) is 10.3 Å². The molecule has 1 heterocycles. The van der Waals surface area contributed by atoms with Crippen LogP contribution in [0.25, 0.3) is 0 Å². The van der Waals surface area contributed by atoms with Crippen LogP contribution in [0.3, 0.4) is 0 Å². The highest BCUT2D eigenvalue weighted by Gasteiger charge is 2.36. The fourth-order valence-electron chi connectivity index (χ4n) is 1.38. The lowest BCUT2D eigenvalue weighted by Gasteiger charge is -2.40. The largest absolute Gasteiger partial charge is 0.371 e. The summed E-state index contributed by atoms with van der Waals surface area (Å²) in [6, 6.07) is 0. The molecular weight excluding hydrogens is 200 g/mol. The van der Waals surface area contributed by atoms with Gasteiger partial charge < -0.3 is 4.74 Å². The van der Waals surface area contributed by atoms with Crippen LogP contribution in [0, 0.1) is 0 Å². The Hall–Kier alpha value is 0.660. The molecule has 1 nitrogen and oxygen atoms in total. The van der Waals surface area contributed by atoms with Crippen LogP contribution in [0.1, 0.15) is 41.0 Å². The van der Waals surface area contributed by atoms with Crippen molar-refractivity contribution in [2.24, 2.45) is 0 Å². The minimum Gasteiger partial charge on any atom is -0.371 e. The van der Waals surface area contributed by atoms with Crippen LogP contribution in [-0.2, 0) is 4.74 Å². The SMILES string of the molecule is CC(C)(C)OC1CCSSC1(C)C. The zero-order valence-corrected chi connectivity index (χ0v) is 10.8.